The average Bonchev–Trinajstić information content (AvgIpc) is 3.23. The number of carbonyl (C=O) groups excluding carboxylic acids is 2. The first-order valence-corrected chi connectivity index (χ1v) is 25.7. The van der Waals surface area contributed by atoms with Crippen molar-refractivity contribution in [3.8, 4) is 0 Å². The molecule has 0 aliphatic heterocycles. The minimum atomic E-state index is -0.793. The SMILES string of the molecule is CCC/C=C\CCCCCC(CC(=O)NC(CO)C(O)CCCCCCCCCCCCCCCCCC)OC(=O)CCCCC/C=C/C=C/CCCCCCCCC. The highest BCUT2D eigenvalue weighted by Gasteiger charge is 2.24. The molecule has 0 aliphatic carbocycles. The van der Waals surface area contributed by atoms with Crippen LogP contribution >= 0.6 is 0 Å². The van der Waals surface area contributed by atoms with Gasteiger partial charge in [-0.05, 0) is 70.6 Å². The van der Waals surface area contributed by atoms with E-state index in [9.17, 15) is 19.8 Å². The Morgan fingerprint density at radius 1 is 0.492 bits per heavy atom. The highest BCUT2D eigenvalue weighted by Crippen LogP contribution is 2.17. The van der Waals surface area contributed by atoms with Crippen molar-refractivity contribution in [1.82, 2.24) is 5.32 Å². The Balaban J connectivity index is 4.43. The lowest BCUT2D eigenvalue weighted by Gasteiger charge is -2.24. The lowest BCUT2D eigenvalue weighted by Crippen LogP contribution is -2.46. The molecule has 0 aromatic heterocycles. The normalized spacial score (nSPS) is 13.5. The van der Waals surface area contributed by atoms with Crippen LogP contribution in [0.15, 0.2) is 36.5 Å². The molecule has 0 saturated carbocycles. The van der Waals surface area contributed by atoms with Crippen LogP contribution in [0.5, 0.6) is 0 Å². The van der Waals surface area contributed by atoms with Gasteiger partial charge in [-0.3, -0.25) is 9.59 Å². The topological polar surface area (TPSA) is 95.9 Å². The largest absolute Gasteiger partial charge is 0.462 e. The number of unbranched alkanes of at least 4 members (excludes halogenated alkanes) is 29. The highest BCUT2D eigenvalue weighted by molar-refractivity contribution is 5.77. The average molecular weight is 830 g/mol. The molecule has 0 rings (SSSR count). The van der Waals surface area contributed by atoms with Crippen LogP contribution < -0.4 is 5.32 Å². The molecule has 3 unspecified atom stereocenters. The van der Waals surface area contributed by atoms with Gasteiger partial charge in [0.15, 0.2) is 0 Å². The summed E-state index contributed by atoms with van der Waals surface area (Å²) in [4.78, 5) is 26.0. The summed E-state index contributed by atoms with van der Waals surface area (Å²) in [7, 11) is 0. The van der Waals surface area contributed by atoms with Crippen molar-refractivity contribution < 1.29 is 24.5 Å². The molecule has 3 N–H and O–H groups in total. The minimum absolute atomic E-state index is 0.0572. The maximum absolute atomic E-state index is 13.1. The molecule has 1 amide bonds. The number of carbonyl (C=O) groups is 2. The molecule has 0 fully saturated rings. The molecule has 3 atom stereocenters. The Bertz CT molecular complexity index is 977. The first-order chi connectivity index (χ1) is 29.0. The third-order valence-electron chi connectivity index (χ3n) is 11.7. The van der Waals surface area contributed by atoms with Gasteiger partial charge in [-0.25, -0.2) is 0 Å². The van der Waals surface area contributed by atoms with E-state index in [1.807, 2.05) is 0 Å². The molecule has 0 aliphatic rings. The summed E-state index contributed by atoms with van der Waals surface area (Å²) in [6.45, 7) is 6.41. The molecule has 0 spiro atoms. The molecule has 0 heterocycles. The van der Waals surface area contributed by atoms with Gasteiger partial charge in [-0.15, -0.1) is 0 Å². The highest BCUT2D eigenvalue weighted by atomic mass is 16.5. The van der Waals surface area contributed by atoms with E-state index in [4.69, 9.17) is 4.74 Å². The molecule has 6 heteroatoms. The van der Waals surface area contributed by atoms with Gasteiger partial charge in [0.25, 0.3) is 0 Å². The fourth-order valence-corrected chi connectivity index (χ4v) is 7.78. The molecular weight excluding hydrogens is 731 g/mol. The van der Waals surface area contributed by atoms with Crippen molar-refractivity contribution in [2.24, 2.45) is 0 Å². The molecule has 6 nitrogen and oxygen atoms in total. The standard InChI is InChI=1S/C53H99NO5/c1-4-7-10-13-16-19-21-23-25-27-29-31-33-36-39-42-45-51(56)50(48-55)54-52(57)47-49(44-41-38-35-18-15-12-9-6-3)59-53(58)46-43-40-37-34-32-30-28-26-24-22-20-17-14-11-8-5-2/h12,15,26,28,30,32,49-51,55-56H,4-11,13-14,16-25,27,29,31,33-48H2,1-3H3,(H,54,57)/b15-12-,28-26+,32-30+. The van der Waals surface area contributed by atoms with E-state index in [2.05, 4.69) is 62.5 Å². The summed E-state index contributed by atoms with van der Waals surface area (Å²) < 4.78 is 5.88. The Hall–Kier alpha value is -1.92. The third-order valence-corrected chi connectivity index (χ3v) is 11.7. The van der Waals surface area contributed by atoms with Crippen molar-refractivity contribution in [1.29, 1.82) is 0 Å². The van der Waals surface area contributed by atoms with E-state index in [-0.39, 0.29) is 24.9 Å². The van der Waals surface area contributed by atoms with Gasteiger partial charge in [-0.2, -0.15) is 0 Å². The van der Waals surface area contributed by atoms with Crippen molar-refractivity contribution in [3.05, 3.63) is 36.5 Å². The molecule has 346 valence electrons. The van der Waals surface area contributed by atoms with Crippen LogP contribution in [-0.4, -0.2) is 46.9 Å². The number of allylic oxidation sites excluding steroid dienone is 6. The summed E-state index contributed by atoms with van der Waals surface area (Å²) in [6.07, 6.45) is 55.0. The Kier molecular flexibility index (Phi) is 45.6. The fourth-order valence-electron chi connectivity index (χ4n) is 7.78. The molecule has 0 saturated heterocycles. The number of hydrogen-bond acceptors (Lipinski definition) is 5. The molecule has 0 bridgehead atoms. The minimum Gasteiger partial charge on any atom is -0.462 e. The van der Waals surface area contributed by atoms with E-state index in [0.29, 0.717) is 19.3 Å². The summed E-state index contributed by atoms with van der Waals surface area (Å²) in [5.41, 5.74) is 0. The van der Waals surface area contributed by atoms with Gasteiger partial charge in [0, 0.05) is 6.42 Å². The van der Waals surface area contributed by atoms with Gasteiger partial charge in [0.2, 0.25) is 5.91 Å². The van der Waals surface area contributed by atoms with E-state index in [1.54, 1.807) is 0 Å². The van der Waals surface area contributed by atoms with Crippen LogP contribution in [0.1, 0.15) is 265 Å². The van der Waals surface area contributed by atoms with E-state index < -0.39 is 18.2 Å². The van der Waals surface area contributed by atoms with Crippen LogP contribution in [0.3, 0.4) is 0 Å². The van der Waals surface area contributed by atoms with Crippen LogP contribution in [-0.2, 0) is 14.3 Å². The summed E-state index contributed by atoms with van der Waals surface area (Å²) in [5, 5.41) is 23.7. The number of aliphatic hydroxyl groups excluding tert-OH is 2. The maximum atomic E-state index is 13.1. The summed E-state index contributed by atoms with van der Waals surface area (Å²) in [6, 6.07) is -0.709. The van der Waals surface area contributed by atoms with Crippen LogP contribution in [0, 0.1) is 0 Å². The van der Waals surface area contributed by atoms with Gasteiger partial charge < -0.3 is 20.3 Å². The fraction of sp³-hybridized carbons (Fsp3) is 0.849. The number of rotatable bonds is 46. The van der Waals surface area contributed by atoms with E-state index in [1.165, 1.54) is 128 Å². The predicted molar refractivity (Wildman–Crippen MR) is 255 cm³/mol. The number of amides is 1. The molecule has 0 radical (unpaired) electrons. The number of ether oxygens (including phenoxy) is 1. The first kappa shape index (κ1) is 57.1. The summed E-state index contributed by atoms with van der Waals surface area (Å²) >= 11 is 0. The molecule has 0 aromatic rings. The lowest BCUT2D eigenvalue weighted by atomic mass is 10.0. The van der Waals surface area contributed by atoms with Gasteiger partial charge in [-0.1, -0.05) is 218 Å². The number of hydrogen-bond donors (Lipinski definition) is 3. The van der Waals surface area contributed by atoms with Crippen molar-refractivity contribution in [3.63, 3.8) is 0 Å². The van der Waals surface area contributed by atoms with E-state index >= 15 is 0 Å². The maximum Gasteiger partial charge on any atom is 0.306 e. The number of aliphatic hydroxyl groups is 2. The lowest BCUT2D eigenvalue weighted by molar-refractivity contribution is -0.151. The monoisotopic (exact) mass is 830 g/mol. The van der Waals surface area contributed by atoms with Crippen LogP contribution in [0.25, 0.3) is 0 Å². The molecular formula is C53H99NO5. The van der Waals surface area contributed by atoms with Gasteiger partial charge >= 0.3 is 5.97 Å². The predicted octanol–water partition coefficient (Wildman–Crippen LogP) is 15.3. The Morgan fingerprint density at radius 3 is 1.39 bits per heavy atom. The smallest absolute Gasteiger partial charge is 0.306 e. The van der Waals surface area contributed by atoms with Gasteiger partial charge in [0.1, 0.15) is 6.10 Å². The second-order valence-electron chi connectivity index (χ2n) is 17.6. The number of nitrogens with one attached hydrogen (secondary N) is 1. The first-order valence-electron chi connectivity index (χ1n) is 25.7. The second-order valence-corrected chi connectivity index (χ2v) is 17.6. The van der Waals surface area contributed by atoms with Crippen molar-refractivity contribution in [2.75, 3.05) is 6.61 Å². The van der Waals surface area contributed by atoms with Crippen molar-refractivity contribution in [2.45, 2.75) is 283 Å². The van der Waals surface area contributed by atoms with Crippen LogP contribution in [0.2, 0.25) is 0 Å². The quantitative estimate of drug-likeness (QED) is 0.0246. The molecule has 59 heavy (non-hydrogen) atoms. The zero-order valence-electron chi connectivity index (χ0n) is 39.4. The Morgan fingerprint density at radius 2 is 0.898 bits per heavy atom. The number of esters is 1. The third kappa shape index (κ3) is 42.6. The molecule has 0 aromatic carbocycles. The summed E-state index contributed by atoms with van der Waals surface area (Å²) in [5.74, 6) is -0.519. The zero-order valence-corrected chi connectivity index (χ0v) is 39.4. The Labute approximate surface area is 366 Å². The van der Waals surface area contributed by atoms with Gasteiger partial charge in [0.05, 0.1) is 25.2 Å². The zero-order chi connectivity index (χ0) is 43.1. The van der Waals surface area contributed by atoms with Crippen molar-refractivity contribution >= 4 is 11.9 Å². The van der Waals surface area contributed by atoms with E-state index in [0.717, 1.165) is 89.9 Å². The van der Waals surface area contributed by atoms with Crippen LogP contribution in [0.4, 0.5) is 0 Å². The second kappa shape index (κ2) is 47.1.